The van der Waals surface area contributed by atoms with E-state index in [-0.39, 0.29) is 22.8 Å². The Hall–Kier alpha value is -1.44. The van der Waals surface area contributed by atoms with Crippen molar-refractivity contribution in [1.29, 1.82) is 0 Å². The van der Waals surface area contributed by atoms with Gasteiger partial charge in [0.25, 0.3) is 0 Å². The molecule has 1 fully saturated rings. The molecular formula is C18H29N3O3S. The second-order valence-corrected chi connectivity index (χ2v) is 9.54. The van der Waals surface area contributed by atoms with E-state index in [9.17, 15) is 13.2 Å². The summed E-state index contributed by atoms with van der Waals surface area (Å²) in [5, 5.41) is 3.02. The van der Waals surface area contributed by atoms with Crippen LogP contribution in [0.15, 0.2) is 29.2 Å². The molecule has 1 aliphatic rings. The lowest BCUT2D eigenvalue weighted by Gasteiger charge is -2.37. The molecule has 0 spiro atoms. The van der Waals surface area contributed by atoms with Crippen molar-refractivity contribution < 1.29 is 13.2 Å². The molecule has 6 nitrogen and oxygen atoms in total. The maximum absolute atomic E-state index is 12.6. The van der Waals surface area contributed by atoms with Gasteiger partial charge >= 0.3 is 0 Å². The molecule has 3 atom stereocenters. The van der Waals surface area contributed by atoms with Crippen LogP contribution in [-0.4, -0.2) is 38.3 Å². The van der Waals surface area contributed by atoms with Crippen LogP contribution in [0.3, 0.4) is 0 Å². The van der Waals surface area contributed by atoms with Gasteiger partial charge in [-0.05, 0) is 44.4 Å². The number of carbonyl (C=O) groups excluding carboxylic acids is 1. The van der Waals surface area contributed by atoms with Crippen molar-refractivity contribution in [1.82, 2.24) is 9.62 Å². The highest BCUT2D eigenvalue weighted by Crippen LogP contribution is 2.32. The highest BCUT2D eigenvalue weighted by molar-refractivity contribution is 7.89. The maximum atomic E-state index is 12.6. The zero-order valence-electron chi connectivity index (χ0n) is 15.5. The van der Waals surface area contributed by atoms with Crippen molar-refractivity contribution in [3.63, 3.8) is 0 Å². The van der Waals surface area contributed by atoms with Gasteiger partial charge in [0.05, 0.1) is 16.9 Å². The van der Waals surface area contributed by atoms with Gasteiger partial charge in [0.1, 0.15) is 0 Å². The van der Waals surface area contributed by atoms with Crippen molar-refractivity contribution in [3.8, 4) is 0 Å². The number of hydrogen-bond acceptors (Lipinski definition) is 4. The van der Waals surface area contributed by atoms with Gasteiger partial charge in [-0.1, -0.05) is 25.0 Å². The second-order valence-electron chi connectivity index (χ2n) is 7.39. The second kappa shape index (κ2) is 7.43. The molecule has 0 bridgehead atoms. The normalized spacial score (nSPS) is 25.6. The van der Waals surface area contributed by atoms with Gasteiger partial charge in [-0.15, -0.1) is 0 Å². The zero-order chi connectivity index (χ0) is 18.8. The molecule has 1 amide bonds. The fraction of sp³-hybridized carbons (Fsp3) is 0.611. The van der Waals surface area contributed by atoms with Crippen molar-refractivity contribution in [3.05, 3.63) is 29.8 Å². The standard InChI is InChI=1S/C18H29N3O3S/c1-13(20-17(22)16-7-5-6-12-18(16,2)19)14-8-10-15(11-9-14)25(23,24)21(3)4/h8-11,13,16H,5-7,12,19H2,1-4H3,(H,20,22). The summed E-state index contributed by atoms with van der Waals surface area (Å²) in [6.45, 7) is 3.84. The van der Waals surface area contributed by atoms with Gasteiger partial charge in [0.2, 0.25) is 15.9 Å². The van der Waals surface area contributed by atoms with E-state index in [1.54, 1.807) is 24.3 Å². The van der Waals surface area contributed by atoms with Crippen LogP contribution >= 0.6 is 0 Å². The Morgan fingerprint density at radius 1 is 1.28 bits per heavy atom. The first-order chi connectivity index (χ1) is 11.6. The van der Waals surface area contributed by atoms with Gasteiger partial charge in [-0.3, -0.25) is 4.79 Å². The Morgan fingerprint density at radius 3 is 2.40 bits per heavy atom. The summed E-state index contributed by atoms with van der Waals surface area (Å²) in [6, 6.07) is 6.41. The molecule has 0 aliphatic heterocycles. The Morgan fingerprint density at radius 2 is 1.88 bits per heavy atom. The summed E-state index contributed by atoms with van der Waals surface area (Å²) >= 11 is 0. The molecule has 0 saturated heterocycles. The Kier molecular flexibility index (Phi) is 5.91. The molecule has 7 heteroatoms. The summed E-state index contributed by atoms with van der Waals surface area (Å²) in [7, 11) is -0.445. The molecule has 0 aromatic heterocycles. The Bertz CT molecular complexity index is 712. The predicted octanol–water partition coefficient (Wildman–Crippen LogP) is 2.02. The Balaban J connectivity index is 2.08. The SMILES string of the molecule is CC(NC(=O)C1CCCCC1(C)N)c1ccc(S(=O)(=O)N(C)C)cc1. The van der Waals surface area contributed by atoms with Crippen LogP contribution < -0.4 is 11.1 Å². The summed E-state index contributed by atoms with van der Waals surface area (Å²) < 4.78 is 25.4. The first kappa shape index (κ1) is 19.9. The third kappa shape index (κ3) is 4.40. The number of rotatable bonds is 5. The molecule has 25 heavy (non-hydrogen) atoms. The lowest BCUT2D eigenvalue weighted by atomic mass is 9.74. The largest absolute Gasteiger partial charge is 0.349 e. The van der Waals surface area contributed by atoms with Gasteiger partial charge in [0.15, 0.2) is 0 Å². The molecule has 1 saturated carbocycles. The van der Waals surface area contributed by atoms with Crippen LogP contribution in [0.1, 0.15) is 51.1 Å². The van der Waals surface area contributed by atoms with E-state index in [2.05, 4.69) is 5.32 Å². The van der Waals surface area contributed by atoms with E-state index in [1.807, 2.05) is 13.8 Å². The van der Waals surface area contributed by atoms with Crippen LogP contribution in [-0.2, 0) is 14.8 Å². The van der Waals surface area contributed by atoms with Gasteiger partial charge in [-0.25, -0.2) is 12.7 Å². The van der Waals surface area contributed by atoms with E-state index in [0.717, 1.165) is 31.2 Å². The number of amides is 1. The minimum absolute atomic E-state index is 0.0258. The van der Waals surface area contributed by atoms with Crippen LogP contribution in [0.4, 0.5) is 0 Å². The van der Waals surface area contributed by atoms with E-state index in [1.165, 1.54) is 18.4 Å². The quantitative estimate of drug-likeness (QED) is 0.833. The smallest absolute Gasteiger partial charge is 0.242 e. The summed E-state index contributed by atoms with van der Waals surface area (Å²) in [5.74, 6) is -0.209. The molecule has 1 aromatic rings. The molecule has 0 radical (unpaired) electrons. The fourth-order valence-corrected chi connectivity index (χ4v) is 4.23. The number of nitrogens with two attached hydrogens (primary N) is 1. The number of benzene rings is 1. The minimum atomic E-state index is -3.45. The molecule has 0 heterocycles. The maximum Gasteiger partial charge on any atom is 0.242 e. The highest BCUT2D eigenvalue weighted by atomic mass is 32.2. The van der Waals surface area contributed by atoms with E-state index in [0.29, 0.717) is 0 Å². The van der Waals surface area contributed by atoms with Gasteiger partial charge in [-0.2, -0.15) is 0 Å². The number of nitrogens with one attached hydrogen (secondary N) is 1. The molecule has 3 unspecified atom stereocenters. The van der Waals surface area contributed by atoms with E-state index in [4.69, 9.17) is 5.73 Å². The molecular weight excluding hydrogens is 338 g/mol. The molecule has 140 valence electrons. The van der Waals surface area contributed by atoms with Crippen molar-refractivity contribution in [2.45, 2.75) is 56.0 Å². The van der Waals surface area contributed by atoms with E-state index >= 15 is 0 Å². The van der Waals surface area contributed by atoms with Crippen LogP contribution in [0.5, 0.6) is 0 Å². The summed E-state index contributed by atoms with van der Waals surface area (Å²) in [5.41, 5.74) is 6.70. The first-order valence-corrected chi connectivity index (χ1v) is 10.1. The lowest BCUT2D eigenvalue weighted by Crippen LogP contribution is -2.53. The molecule has 3 N–H and O–H groups in total. The van der Waals surface area contributed by atoms with Gasteiger partial charge < -0.3 is 11.1 Å². The topological polar surface area (TPSA) is 92.5 Å². The third-order valence-corrected chi connectivity index (χ3v) is 6.92. The highest BCUT2D eigenvalue weighted by Gasteiger charge is 2.38. The number of nitrogens with zero attached hydrogens (tertiary/aromatic N) is 1. The predicted molar refractivity (Wildman–Crippen MR) is 98.4 cm³/mol. The Labute approximate surface area is 150 Å². The van der Waals surface area contributed by atoms with Crippen molar-refractivity contribution in [2.75, 3.05) is 14.1 Å². The number of hydrogen-bond donors (Lipinski definition) is 2. The monoisotopic (exact) mass is 367 g/mol. The first-order valence-electron chi connectivity index (χ1n) is 8.67. The van der Waals surface area contributed by atoms with Gasteiger partial charge in [0, 0.05) is 19.6 Å². The summed E-state index contributed by atoms with van der Waals surface area (Å²) in [4.78, 5) is 12.9. The van der Waals surface area contributed by atoms with E-state index < -0.39 is 15.6 Å². The average Bonchev–Trinajstić information content (AvgIpc) is 2.54. The van der Waals surface area contributed by atoms with Crippen LogP contribution in [0, 0.1) is 5.92 Å². The average molecular weight is 368 g/mol. The van der Waals surface area contributed by atoms with Crippen molar-refractivity contribution in [2.24, 2.45) is 11.7 Å². The molecule has 2 rings (SSSR count). The zero-order valence-corrected chi connectivity index (χ0v) is 16.3. The lowest BCUT2D eigenvalue weighted by molar-refractivity contribution is -0.128. The minimum Gasteiger partial charge on any atom is -0.349 e. The number of carbonyl (C=O) groups is 1. The molecule has 1 aliphatic carbocycles. The van der Waals surface area contributed by atoms with Crippen LogP contribution in [0.25, 0.3) is 0 Å². The summed E-state index contributed by atoms with van der Waals surface area (Å²) in [6.07, 6.45) is 3.76. The molecule has 1 aromatic carbocycles. The van der Waals surface area contributed by atoms with Crippen LogP contribution in [0.2, 0.25) is 0 Å². The fourth-order valence-electron chi connectivity index (χ4n) is 3.33. The van der Waals surface area contributed by atoms with Crippen molar-refractivity contribution >= 4 is 15.9 Å². The third-order valence-electron chi connectivity index (χ3n) is 5.09. The number of sulfonamides is 1.